The first kappa shape index (κ1) is 20.8. The van der Waals surface area contributed by atoms with E-state index in [1.807, 2.05) is 0 Å². The minimum absolute atomic E-state index is 0.0159. The number of carbonyl (C=O) groups is 4. The zero-order valence-corrected chi connectivity index (χ0v) is 13.9. The summed E-state index contributed by atoms with van der Waals surface area (Å²) in [5, 5.41) is 20.5. The molecule has 0 radical (unpaired) electrons. The molecule has 1 unspecified atom stereocenters. The maximum Gasteiger partial charge on any atom is 0.407 e. The molecule has 0 aromatic carbocycles. The molecule has 0 aromatic rings. The maximum absolute atomic E-state index is 11.5. The molecule has 1 fully saturated rings. The normalized spacial score (nSPS) is 15.2. The molecule has 1 rings (SSSR count). The lowest BCUT2D eigenvalue weighted by atomic mass is 10.0. The molecule has 1 aliphatic heterocycles. The average Bonchev–Trinajstić information content (AvgIpc) is 2.89. The fraction of sp³-hybridized carbons (Fsp3) is 0.733. The van der Waals surface area contributed by atoms with Gasteiger partial charge in [0.15, 0.2) is 0 Å². The number of hydrogen-bond donors (Lipinski definition) is 3. The topological polar surface area (TPSA) is 142 Å². The lowest BCUT2D eigenvalue weighted by Crippen LogP contribution is -2.34. The molecular formula is C15H24N2O8. The number of aliphatic hydroxyl groups excluding tert-OH is 2. The van der Waals surface area contributed by atoms with Gasteiger partial charge in [-0.2, -0.15) is 0 Å². The highest BCUT2D eigenvalue weighted by Gasteiger charge is 2.32. The van der Waals surface area contributed by atoms with E-state index in [4.69, 9.17) is 14.9 Å². The molecule has 3 amide bonds. The molecule has 142 valence electrons. The standard InChI is InChI=1S/C15H24N2O8/c18-8-1-2-11(6-9-19)10-24-15(23)16-7-5-14(22)25-17-12(20)3-4-13(17)21/h11,18-19H,1-10H2,(H,16,23). The summed E-state index contributed by atoms with van der Waals surface area (Å²) in [5.74, 6) is -2.00. The summed E-state index contributed by atoms with van der Waals surface area (Å²) in [5.41, 5.74) is 0. The summed E-state index contributed by atoms with van der Waals surface area (Å²) >= 11 is 0. The molecule has 10 nitrogen and oxygen atoms in total. The van der Waals surface area contributed by atoms with E-state index >= 15 is 0 Å². The minimum atomic E-state index is -0.815. The van der Waals surface area contributed by atoms with E-state index in [1.165, 1.54) is 0 Å². The molecule has 25 heavy (non-hydrogen) atoms. The number of rotatable bonds is 11. The lowest BCUT2D eigenvalue weighted by molar-refractivity contribution is -0.197. The van der Waals surface area contributed by atoms with Crippen LogP contribution in [0.3, 0.4) is 0 Å². The van der Waals surface area contributed by atoms with Crippen molar-refractivity contribution in [2.45, 2.75) is 38.5 Å². The Balaban J connectivity index is 2.19. The number of nitrogens with one attached hydrogen (secondary N) is 1. The van der Waals surface area contributed by atoms with Gasteiger partial charge in [-0.3, -0.25) is 9.59 Å². The van der Waals surface area contributed by atoms with E-state index in [0.29, 0.717) is 24.3 Å². The minimum Gasteiger partial charge on any atom is -0.449 e. The van der Waals surface area contributed by atoms with Crippen molar-refractivity contribution in [1.82, 2.24) is 10.4 Å². The predicted octanol–water partition coefficient (Wildman–Crippen LogP) is -0.519. The van der Waals surface area contributed by atoms with E-state index in [9.17, 15) is 19.2 Å². The first-order valence-electron chi connectivity index (χ1n) is 8.16. The van der Waals surface area contributed by atoms with Gasteiger partial charge >= 0.3 is 12.1 Å². The molecule has 1 atom stereocenters. The highest BCUT2D eigenvalue weighted by atomic mass is 16.7. The molecule has 0 aliphatic carbocycles. The van der Waals surface area contributed by atoms with Crippen molar-refractivity contribution in [3.05, 3.63) is 0 Å². The van der Waals surface area contributed by atoms with Gasteiger partial charge in [-0.05, 0) is 25.2 Å². The molecule has 1 heterocycles. The van der Waals surface area contributed by atoms with E-state index in [0.717, 1.165) is 0 Å². The number of imide groups is 1. The molecule has 1 aliphatic rings. The van der Waals surface area contributed by atoms with Crippen molar-refractivity contribution >= 4 is 23.9 Å². The summed E-state index contributed by atoms with van der Waals surface area (Å²) in [6.07, 6.45) is 0.704. The van der Waals surface area contributed by atoms with Gasteiger partial charge in [-0.25, -0.2) is 9.59 Å². The zero-order valence-electron chi connectivity index (χ0n) is 13.9. The van der Waals surface area contributed by atoms with Crippen LogP contribution in [-0.2, 0) is 24.0 Å². The number of carbonyl (C=O) groups excluding carboxylic acids is 4. The Morgan fingerprint density at radius 2 is 1.80 bits per heavy atom. The van der Waals surface area contributed by atoms with Crippen LogP contribution >= 0.6 is 0 Å². The number of alkyl carbamates (subject to hydrolysis) is 1. The summed E-state index contributed by atoms with van der Waals surface area (Å²) in [4.78, 5) is 50.3. The molecule has 0 saturated carbocycles. The zero-order chi connectivity index (χ0) is 18.7. The van der Waals surface area contributed by atoms with Crippen molar-refractivity contribution in [1.29, 1.82) is 0 Å². The fourth-order valence-corrected chi connectivity index (χ4v) is 2.19. The Bertz CT molecular complexity index is 466. The molecule has 3 N–H and O–H groups in total. The molecule has 0 bridgehead atoms. The molecule has 0 aromatic heterocycles. The number of hydrogen-bond acceptors (Lipinski definition) is 8. The van der Waals surface area contributed by atoms with Crippen LogP contribution in [0, 0.1) is 5.92 Å². The van der Waals surface area contributed by atoms with Gasteiger partial charge in [0.2, 0.25) is 0 Å². The van der Waals surface area contributed by atoms with Crippen LogP contribution in [0.15, 0.2) is 0 Å². The third-order valence-corrected chi connectivity index (χ3v) is 3.56. The van der Waals surface area contributed by atoms with Gasteiger partial charge in [0.1, 0.15) is 0 Å². The van der Waals surface area contributed by atoms with Crippen LogP contribution in [0.1, 0.15) is 38.5 Å². The first-order chi connectivity index (χ1) is 12.0. The van der Waals surface area contributed by atoms with Gasteiger partial charge in [0.05, 0.1) is 13.0 Å². The van der Waals surface area contributed by atoms with Crippen molar-refractivity contribution in [3.63, 3.8) is 0 Å². The summed E-state index contributed by atoms with van der Waals surface area (Å²) in [6, 6.07) is 0. The Morgan fingerprint density at radius 1 is 1.12 bits per heavy atom. The second-order valence-electron chi connectivity index (χ2n) is 5.56. The first-order valence-corrected chi connectivity index (χ1v) is 8.16. The average molecular weight is 360 g/mol. The van der Waals surface area contributed by atoms with Crippen molar-refractivity contribution < 1.29 is 39.0 Å². The van der Waals surface area contributed by atoms with Crippen molar-refractivity contribution in [2.24, 2.45) is 5.92 Å². The smallest absolute Gasteiger partial charge is 0.407 e. The Kier molecular flexibility index (Phi) is 9.48. The lowest BCUT2D eigenvalue weighted by Gasteiger charge is -2.16. The van der Waals surface area contributed by atoms with Crippen molar-refractivity contribution in [2.75, 3.05) is 26.4 Å². The highest BCUT2D eigenvalue weighted by Crippen LogP contribution is 2.13. The number of nitrogens with zero attached hydrogens (tertiary/aromatic N) is 1. The number of amides is 3. The van der Waals surface area contributed by atoms with E-state index < -0.39 is 23.9 Å². The van der Waals surface area contributed by atoms with E-state index in [-0.39, 0.29) is 51.5 Å². The number of ether oxygens (including phenoxy) is 1. The van der Waals surface area contributed by atoms with Crippen LogP contribution in [0.25, 0.3) is 0 Å². The van der Waals surface area contributed by atoms with Gasteiger partial charge in [0.25, 0.3) is 11.8 Å². The summed E-state index contributed by atoms with van der Waals surface area (Å²) in [6.45, 7) is 0.00192. The second kappa shape index (κ2) is 11.4. The fourth-order valence-electron chi connectivity index (χ4n) is 2.19. The summed E-state index contributed by atoms with van der Waals surface area (Å²) < 4.78 is 4.99. The molecular weight excluding hydrogens is 336 g/mol. The SMILES string of the molecule is O=C(CCNC(=O)OCC(CCO)CCCO)ON1C(=O)CCC1=O. The van der Waals surface area contributed by atoms with Gasteiger partial charge in [0, 0.05) is 32.6 Å². The van der Waals surface area contributed by atoms with Crippen LogP contribution in [0.2, 0.25) is 0 Å². The predicted molar refractivity (Wildman–Crippen MR) is 82.7 cm³/mol. The molecule has 10 heteroatoms. The second-order valence-corrected chi connectivity index (χ2v) is 5.56. The van der Waals surface area contributed by atoms with Gasteiger partial charge in [-0.1, -0.05) is 0 Å². The van der Waals surface area contributed by atoms with Crippen molar-refractivity contribution in [3.8, 4) is 0 Å². The molecule has 1 saturated heterocycles. The van der Waals surface area contributed by atoms with E-state index in [1.54, 1.807) is 0 Å². The monoisotopic (exact) mass is 360 g/mol. The van der Waals surface area contributed by atoms with Gasteiger partial charge in [-0.15, -0.1) is 5.06 Å². The van der Waals surface area contributed by atoms with Crippen LogP contribution in [0.5, 0.6) is 0 Å². The van der Waals surface area contributed by atoms with Crippen LogP contribution < -0.4 is 5.32 Å². The number of hydroxylamine groups is 2. The third-order valence-electron chi connectivity index (χ3n) is 3.56. The summed E-state index contributed by atoms with van der Waals surface area (Å²) in [7, 11) is 0. The number of aliphatic hydroxyl groups is 2. The third kappa shape index (κ3) is 7.94. The maximum atomic E-state index is 11.5. The Hall–Kier alpha value is -2.20. The quantitative estimate of drug-likeness (QED) is 0.418. The van der Waals surface area contributed by atoms with Crippen LogP contribution in [-0.4, -0.2) is 65.5 Å². The highest BCUT2D eigenvalue weighted by molar-refractivity contribution is 6.01. The van der Waals surface area contributed by atoms with Gasteiger partial charge < -0.3 is 25.1 Å². The van der Waals surface area contributed by atoms with E-state index in [2.05, 4.69) is 10.2 Å². The Morgan fingerprint density at radius 3 is 2.40 bits per heavy atom. The molecule has 0 spiro atoms. The Labute approximate surface area is 145 Å². The largest absolute Gasteiger partial charge is 0.449 e. The van der Waals surface area contributed by atoms with Crippen LogP contribution in [0.4, 0.5) is 4.79 Å².